The number of aryl methyl sites for hydroxylation is 1. The first-order valence-electron chi connectivity index (χ1n) is 9.06. The van der Waals surface area contributed by atoms with Crippen LogP contribution in [0.2, 0.25) is 0 Å². The Morgan fingerprint density at radius 1 is 1.07 bits per heavy atom. The predicted octanol–water partition coefficient (Wildman–Crippen LogP) is 2.93. The molecule has 0 spiro atoms. The van der Waals surface area contributed by atoms with Gasteiger partial charge in [0.1, 0.15) is 17.3 Å². The lowest BCUT2D eigenvalue weighted by Crippen LogP contribution is -2.24. The normalized spacial score (nSPS) is 11.8. The van der Waals surface area contributed by atoms with E-state index >= 15 is 0 Å². The van der Waals surface area contributed by atoms with E-state index in [0.717, 1.165) is 24.0 Å². The van der Waals surface area contributed by atoms with Crippen molar-refractivity contribution in [1.82, 2.24) is 9.97 Å². The molecule has 0 amide bonds. The van der Waals surface area contributed by atoms with Crippen LogP contribution in [0.1, 0.15) is 36.1 Å². The average Bonchev–Trinajstić information content (AvgIpc) is 2.67. The van der Waals surface area contributed by atoms with Crippen molar-refractivity contribution in [3.8, 4) is 11.5 Å². The highest BCUT2D eigenvalue weighted by Gasteiger charge is 2.19. The van der Waals surface area contributed by atoms with Gasteiger partial charge in [-0.2, -0.15) is 0 Å². The Morgan fingerprint density at radius 3 is 2.46 bits per heavy atom. The summed E-state index contributed by atoms with van der Waals surface area (Å²) < 4.78 is 5.22. The minimum absolute atomic E-state index is 0.125. The highest BCUT2D eigenvalue weighted by Crippen LogP contribution is 2.33. The standard InChI is InChI=1S/C21H23N3O4/c1-3-4-13-5-10-17(25)16(11-13)20(14-6-8-15(28-2)9-7-14)22-18-12-19(26)24-21(27)23-18/h5-12,20,25H,3-4H2,1-2H3,(H3,22,23,24,26,27). The van der Waals surface area contributed by atoms with Gasteiger partial charge >= 0.3 is 5.69 Å². The lowest BCUT2D eigenvalue weighted by molar-refractivity contribution is 0.414. The highest BCUT2D eigenvalue weighted by atomic mass is 16.5. The summed E-state index contributed by atoms with van der Waals surface area (Å²) in [6, 6.07) is 13.6. The number of hydrogen-bond donors (Lipinski definition) is 4. The van der Waals surface area contributed by atoms with Gasteiger partial charge in [0.15, 0.2) is 0 Å². The first-order chi connectivity index (χ1) is 13.5. The van der Waals surface area contributed by atoms with Crippen molar-refractivity contribution in [2.45, 2.75) is 25.8 Å². The first-order valence-corrected chi connectivity index (χ1v) is 9.06. The number of anilines is 1. The van der Waals surface area contributed by atoms with Crippen molar-refractivity contribution in [1.29, 1.82) is 0 Å². The van der Waals surface area contributed by atoms with Crippen molar-refractivity contribution < 1.29 is 9.84 Å². The number of methoxy groups -OCH3 is 1. The Morgan fingerprint density at radius 2 is 1.82 bits per heavy atom. The van der Waals surface area contributed by atoms with Gasteiger partial charge in [-0.25, -0.2) is 4.79 Å². The largest absolute Gasteiger partial charge is 0.508 e. The molecule has 1 unspecified atom stereocenters. The van der Waals surface area contributed by atoms with Crippen molar-refractivity contribution >= 4 is 5.82 Å². The smallest absolute Gasteiger partial charge is 0.327 e. The zero-order valence-electron chi connectivity index (χ0n) is 15.8. The van der Waals surface area contributed by atoms with Crippen molar-refractivity contribution in [2.24, 2.45) is 0 Å². The van der Waals surface area contributed by atoms with E-state index in [1.165, 1.54) is 6.07 Å². The molecule has 7 nitrogen and oxygen atoms in total. The quantitative estimate of drug-likeness (QED) is 0.503. The summed E-state index contributed by atoms with van der Waals surface area (Å²) in [5.41, 5.74) is 1.47. The molecule has 7 heteroatoms. The molecule has 4 N–H and O–H groups in total. The third-order valence-corrected chi connectivity index (χ3v) is 4.45. The van der Waals surface area contributed by atoms with Crippen molar-refractivity contribution in [3.05, 3.63) is 86.1 Å². The lowest BCUT2D eigenvalue weighted by atomic mass is 9.95. The van der Waals surface area contributed by atoms with Crippen molar-refractivity contribution in [3.63, 3.8) is 0 Å². The van der Waals surface area contributed by atoms with Crippen LogP contribution >= 0.6 is 0 Å². The molecule has 0 radical (unpaired) electrons. The molecule has 1 aromatic heterocycles. The third-order valence-electron chi connectivity index (χ3n) is 4.45. The second-order valence-corrected chi connectivity index (χ2v) is 6.50. The third kappa shape index (κ3) is 4.43. The zero-order valence-corrected chi connectivity index (χ0v) is 15.8. The van der Waals surface area contributed by atoms with Crippen LogP contribution < -0.4 is 21.3 Å². The number of benzene rings is 2. The van der Waals surface area contributed by atoms with Gasteiger partial charge in [-0.05, 0) is 41.8 Å². The monoisotopic (exact) mass is 381 g/mol. The summed E-state index contributed by atoms with van der Waals surface area (Å²) in [6.07, 6.45) is 1.86. The summed E-state index contributed by atoms with van der Waals surface area (Å²) in [6.45, 7) is 2.09. The van der Waals surface area contributed by atoms with E-state index in [0.29, 0.717) is 11.3 Å². The maximum atomic E-state index is 11.7. The van der Waals surface area contributed by atoms with Gasteiger partial charge in [0.25, 0.3) is 5.56 Å². The molecule has 1 heterocycles. The summed E-state index contributed by atoms with van der Waals surface area (Å²) in [5.74, 6) is 1.09. The zero-order chi connectivity index (χ0) is 20.1. The van der Waals surface area contributed by atoms with E-state index in [4.69, 9.17) is 4.74 Å². The number of phenolic OH excluding ortho intramolecular Hbond substituents is 1. The molecular formula is C21H23N3O4. The molecule has 3 aromatic rings. The van der Waals surface area contributed by atoms with E-state index in [-0.39, 0.29) is 11.6 Å². The fourth-order valence-corrected chi connectivity index (χ4v) is 3.12. The lowest BCUT2D eigenvalue weighted by Gasteiger charge is -2.22. The van der Waals surface area contributed by atoms with E-state index in [9.17, 15) is 14.7 Å². The van der Waals surface area contributed by atoms with Crippen molar-refractivity contribution in [2.75, 3.05) is 12.4 Å². The molecule has 0 aliphatic heterocycles. The van der Waals surface area contributed by atoms with Gasteiger partial charge in [0.05, 0.1) is 13.2 Å². The predicted molar refractivity (Wildman–Crippen MR) is 108 cm³/mol. The van der Waals surface area contributed by atoms with Gasteiger partial charge < -0.3 is 15.2 Å². The summed E-state index contributed by atoms with van der Waals surface area (Å²) >= 11 is 0. The maximum absolute atomic E-state index is 11.7. The van der Waals surface area contributed by atoms with E-state index in [1.54, 1.807) is 13.2 Å². The fourth-order valence-electron chi connectivity index (χ4n) is 3.12. The molecule has 0 saturated heterocycles. The number of aromatic amines is 2. The SMILES string of the molecule is CCCc1ccc(O)c(C(Nc2cc(=O)[nH]c(=O)[nH]2)c2ccc(OC)cc2)c1. The summed E-state index contributed by atoms with van der Waals surface area (Å²) in [7, 11) is 1.59. The van der Waals surface area contributed by atoms with Gasteiger partial charge in [0, 0.05) is 11.6 Å². The highest BCUT2D eigenvalue weighted by molar-refractivity contribution is 5.50. The second kappa shape index (κ2) is 8.47. The number of hydrogen-bond acceptors (Lipinski definition) is 5. The van der Waals surface area contributed by atoms with Crippen LogP contribution in [-0.2, 0) is 6.42 Å². The molecule has 0 aliphatic carbocycles. The van der Waals surface area contributed by atoms with Gasteiger partial charge in [-0.15, -0.1) is 0 Å². The Kier molecular flexibility index (Phi) is 5.84. The number of phenols is 1. The summed E-state index contributed by atoms with van der Waals surface area (Å²) in [4.78, 5) is 28.0. The molecule has 0 fully saturated rings. The topological polar surface area (TPSA) is 107 Å². The van der Waals surface area contributed by atoms with E-state index < -0.39 is 17.3 Å². The van der Waals surface area contributed by atoms with Crippen LogP contribution in [-0.4, -0.2) is 22.2 Å². The number of aromatic nitrogens is 2. The average molecular weight is 381 g/mol. The minimum Gasteiger partial charge on any atom is -0.508 e. The van der Waals surface area contributed by atoms with Gasteiger partial charge in [-0.1, -0.05) is 31.5 Å². The molecule has 28 heavy (non-hydrogen) atoms. The Bertz CT molecular complexity index is 1030. The Hall–Kier alpha value is -3.48. The van der Waals surface area contributed by atoms with E-state index in [2.05, 4.69) is 22.2 Å². The molecular weight excluding hydrogens is 358 g/mol. The van der Waals surface area contributed by atoms with Crippen LogP contribution in [0.5, 0.6) is 11.5 Å². The molecule has 3 rings (SSSR count). The van der Waals surface area contributed by atoms with Crippen LogP contribution in [0.15, 0.2) is 58.1 Å². The minimum atomic E-state index is -0.604. The second-order valence-electron chi connectivity index (χ2n) is 6.50. The van der Waals surface area contributed by atoms with Gasteiger partial charge in [0.2, 0.25) is 0 Å². The Labute approximate surface area is 162 Å². The molecule has 0 saturated carbocycles. The molecule has 0 aliphatic rings. The first kappa shape index (κ1) is 19.3. The van der Waals surface area contributed by atoms with Gasteiger partial charge in [-0.3, -0.25) is 14.8 Å². The van der Waals surface area contributed by atoms with Crippen LogP contribution in [0.4, 0.5) is 5.82 Å². The number of nitrogens with one attached hydrogen (secondary N) is 3. The molecule has 1 atom stereocenters. The van der Waals surface area contributed by atoms with E-state index in [1.807, 2.05) is 36.4 Å². The molecule has 2 aromatic carbocycles. The number of H-pyrrole nitrogens is 2. The summed E-state index contributed by atoms with van der Waals surface area (Å²) in [5, 5.41) is 13.7. The maximum Gasteiger partial charge on any atom is 0.327 e. The molecule has 0 bridgehead atoms. The fraction of sp³-hybridized carbons (Fsp3) is 0.238. The number of rotatable bonds is 7. The van der Waals surface area contributed by atoms with Crippen LogP contribution in [0.3, 0.4) is 0 Å². The number of aromatic hydroxyl groups is 1. The number of ether oxygens (including phenoxy) is 1. The Balaban J connectivity index is 2.09. The van der Waals surface area contributed by atoms with Crippen LogP contribution in [0, 0.1) is 0 Å². The van der Waals surface area contributed by atoms with Crippen LogP contribution in [0.25, 0.3) is 0 Å². The molecule has 146 valence electrons.